The number of sulfonamides is 1. The van der Waals surface area contributed by atoms with Crippen molar-refractivity contribution in [1.29, 1.82) is 0 Å². The maximum Gasteiger partial charge on any atom is 0.310 e. The number of methoxy groups -OCH3 is 1. The van der Waals surface area contributed by atoms with Crippen LogP contribution >= 0.6 is 0 Å². The first-order valence-corrected chi connectivity index (χ1v) is 8.34. The molecule has 0 aromatic heterocycles. The van der Waals surface area contributed by atoms with E-state index in [1.807, 2.05) is 6.92 Å². The fourth-order valence-electron chi connectivity index (χ4n) is 2.59. The molecule has 21 heavy (non-hydrogen) atoms. The number of benzene rings is 1. The molecule has 116 valence electrons. The van der Waals surface area contributed by atoms with Gasteiger partial charge in [-0.2, -0.15) is 0 Å². The van der Waals surface area contributed by atoms with Crippen LogP contribution in [0.15, 0.2) is 24.3 Å². The van der Waals surface area contributed by atoms with Crippen LogP contribution in [0.25, 0.3) is 0 Å². The molecule has 1 heterocycles. The molecular weight excluding hydrogens is 292 g/mol. The minimum Gasteiger partial charge on any atom is -0.469 e. The summed E-state index contributed by atoms with van der Waals surface area (Å²) in [6.07, 6.45) is 0. The first kappa shape index (κ1) is 15.8. The molecule has 1 aliphatic heterocycles. The molecule has 2 N–H and O–H groups in total. The lowest BCUT2D eigenvalue weighted by molar-refractivity contribution is -0.145. The molecule has 0 radical (unpaired) electrons. The maximum absolute atomic E-state index is 12.4. The summed E-state index contributed by atoms with van der Waals surface area (Å²) in [4.78, 5) is 11.6. The maximum atomic E-state index is 12.4. The average Bonchev–Trinajstić information content (AvgIpc) is 2.80. The number of nitrogen functional groups attached to an aromatic ring is 1. The highest BCUT2D eigenvalue weighted by Gasteiger charge is 2.40. The summed E-state index contributed by atoms with van der Waals surface area (Å²) in [6.45, 7) is 2.38. The summed E-state index contributed by atoms with van der Waals surface area (Å²) >= 11 is 0. The summed E-state index contributed by atoms with van der Waals surface area (Å²) in [5.41, 5.74) is 6.84. The fraction of sp³-hybridized carbons (Fsp3) is 0.500. The second kappa shape index (κ2) is 6.03. The molecule has 1 fully saturated rings. The van der Waals surface area contributed by atoms with E-state index in [9.17, 15) is 13.2 Å². The quantitative estimate of drug-likeness (QED) is 0.657. The molecular formula is C14H20N2O4S. The van der Waals surface area contributed by atoms with E-state index in [4.69, 9.17) is 10.5 Å². The Morgan fingerprint density at radius 1 is 1.43 bits per heavy atom. The van der Waals surface area contributed by atoms with Gasteiger partial charge in [0.1, 0.15) is 0 Å². The van der Waals surface area contributed by atoms with Gasteiger partial charge in [0.25, 0.3) is 0 Å². The summed E-state index contributed by atoms with van der Waals surface area (Å²) in [6, 6.07) is 6.81. The van der Waals surface area contributed by atoms with E-state index >= 15 is 0 Å². The number of ether oxygens (including phenoxy) is 1. The molecule has 0 saturated carbocycles. The van der Waals surface area contributed by atoms with Crippen molar-refractivity contribution in [2.45, 2.75) is 12.7 Å². The number of nitrogens with two attached hydrogens (primary N) is 1. The molecule has 0 bridgehead atoms. The third kappa shape index (κ3) is 3.54. The molecule has 2 atom stereocenters. The predicted octanol–water partition coefficient (Wildman–Crippen LogP) is 0.839. The van der Waals surface area contributed by atoms with Gasteiger partial charge in [-0.3, -0.25) is 4.79 Å². The molecule has 2 rings (SSSR count). The van der Waals surface area contributed by atoms with Crippen molar-refractivity contribution in [2.75, 3.05) is 25.9 Å². The third-order valence-corrected chi connectivity index (χ3v) is 5.56. The van der Waals surface area contributed by atoms with Gasteiger partial charge in [0.15, 0.2) is 0 Å². The summed E-state index contributed by atoms with van der Waals surface area (Å²) in [5.74, 6) is -0.915. The number of nitrogens with zero attached hydrogens (tertiary/aromatic N) is 1. The number of carbonyl (C=O) groups is 1. The molecule has 1 aliphatic rings. The minimum absolute atomic E-state index is 0.0481. The van der Waals surface area contributed by atoms with Gasteiger partial charge in [-0.1, -0.05) is 19.1 Å². The molecule has 6 nitrogen and oxygen atoms in total. The van der Waals surface area contributed by atoms with Gasteiger partial charge in [-0.15, -0.1) is 0 Å². The van der Waals surface area contributed by atoms with E-state index in [0.717, 1.165) is 0 Å². The standard InChI is InChI=1S/C14H20N2O4S/c1-10-7-16(8-13(10)14(17)20-2)21(18,19)9-11-4-3-5-12(15)6-11/h3-6,10,13H,7-9,15H2,1-2H3. The van der Waals surface area contributed by atoms with Crippen molar-refractivity contribution in [3.05, 3.63) is 29.8 Å². The largest absolute Gasteiger partial charge is 0.469 e. The highest BCUT2D eigenvalue weighted by Crippen LogP contribution is 2.27. The molecule has 2 unspecified atom stereocenters. The van der Waals surface area contributed by atoms with Crippen LogP contribution in [0.1, 0.15) is 12.5 Å². The second-order valence-corrected chi connectivity index (χ2v) is 7.39. The first-order valence-electron chi connectivity index (χ1n) is 6.73. The van der Waals surface area contributed by atoms with Crippen molar-refractivity contribution in [3.63, 3.8) is 0 Å². The molecule has 0 amide bonds. The van der Waals surface area contributed by atoms with Gasteiger partial charge < -0.3 is 10.5 Å². The Labute approximate surface area is 124 Å². The SMILES string of the molecule is COC(=O)C1CN(S(=O)(=O)Cc2cccc(N)c2)CC1C. The van der Waals surface area contributed by atoms with E-state index in [1.165, 1.54) is 11.4 Å². The van der Waals surface area contributed by atoms with E-state index < -0.39 is 15.9 Å². The molecule has 7 heteroatoms. The van der Waals surface area contributed by atoms with Crippen LogP contribution in [0.3, 0.4) is 0 Å². The number of esters is 1. The number of anilines is 1. The molecule has 1 aromatic carbocycles. The normalized spacial score (nSPS) is 23.1. The van der Waals surface area contributed by atoms with E-state index in [2.05, 4.69) is 0 Å². The van der Waals surface area contributed by atoms with Crippen LogP contribution in [0, 0.1) is 11.8 Å². The van der Waals surface area contributed by atoms with Crippen molar-refractivity contribution >= 4 is 21.7 Å². The highest BCUT2D eigenvalue weighted by molar-refractivity contribution is 7.88. The van der Waals surface area contributed by atoms with Crippen molar-refractivity contribution < 1.29 is 17.9 Å². The van der Waals surface area contributed by atoms with Gasteiger partial charge in [-0.05, 0) is 23.6 Å². The van der Waals surface area contributed by atoms with Gasteiger partial charge in [0.2, 0.25) is 10.0 Å². The minimum atomic E-state index is -3.47. The monoisotopic (exact) mass is 312 g/mol. The highest BCUT2D eigenvalue weighted by atomic mass is 32.2. The summed E-state index contributed by atoms with van der Waals surface area (Å²) < 4.78 is 31.0. The zero-order chi connectivity index (χ0) is 15.6. The van der Waals surface area contributed by atoms with Crippen molar-refractivity contribution in [2.24, 2.45) is 11.8 Å². The zero-order valence-corrected chi connectivity index (χ0v) is 13.0. The average molecular weight is 312 g/mol. The van der Waals surface area contributed by atoms with Gasteiger partial charge in [0, 0.05) is 18.8 Å². The number of hydrogen-bond acceptors (Lipinski definition) is 5. The lowest BCUT2D eigenvalue weighted by atomic mass is 9.99. The van der Waals surface area contributed by atoms with Gasteiger partial charge >= 0.3 is 5.97 Å². The van der Waals surface area contributed by atoms with E-state index in [1.54, 1.807) is 24.3 Å². The molecule has 1 saturated heterocycles. The Hall–Kier alpha value is -1.60. The Kier molecular flexibility index (Phi) is 4.53. The first-order chi connectivity index (χ1) is 9.83. The van der Waals surface area contributed by atoms with Crippen molar-refractivity contribution in [1.82, 2.24) is 4.31 Å². The third-order valence-electron chi connectivity index (χ3n) is 3.78. The molecule has 0 spiro atoms. The van der Waals surface area contributed by atoms with E-state index in [-0.39, 0.29) is 24.2 Å². The Morgan fingerprint density at radius 3 is 2.76 bits per heavy atom. The zero-order valence-electron chi connectivity index (χ0n) is 12.2. The Morgan fingerprint density at radius 2 is 2.14 bits per heavy atom. The van der Waals surface area contributed by atoms with Crippen LogP contribution in [0.2, 0.25) is 0 Å². The number of hydrogen-bond donors (Lipinski definition) is 1. The topological polar surface area (TPSA) is 89.7 Å². The number of carbonyl (C=O) groups excluding carboxylic acids is 1. The lowest BCUT2D eigenvalue weighted by Gasteiger charge is -2.16. The van der Waals surface area contributed by atoms with Gasteiger partial charge in [-0.25, -0.2) is 12.7 Å². The predicted molar refractivity (Wildman–Crippen MR) is 79.7 cm³/mol. The number of rotatable bonds is 4. The van der Waals surface area contributed by atoms with Crippen LogP contribution < -0.4 is 5.73 Å². The van der Waals surface area contributed by atoms with Crippen LogP contribution in [-0.4, -0.2) is 38.9 Å². The summed E-state index contributed by atoms with van der Waals surface area (Å²) in [5, 5.41) is 0. The molecule has 0 aliphatic carbocycles. The van der Waals surface area contributed by atoms with Crippen LogP contribution in [0.5, 0.6) is 0 Å². The van der Waals surface area contributed by atoms with Crippen molar-refractivity contribution in [3.8, 4) is 0 Å². The smallest absolute Gasteiger partial charge is 0.310 e. The fourth-order valence-corrected chi connectivity index (χ4v) is 4.23. The second-order valence-electron chi connectivity index (χ2n) is 5.43. The van der Waals surface area contributed by atoms with Crippen LogP contribution in [0.4, 0.5) is 5.69 Å². The van der Waals surface area contributed by atoms with E-state index in [0.29, 0.717) is 17.8 Å². The summed E-state index contributed by atoms with van der Waals surface area (Å²) in [7, 11) is -2.15. The van der Waals surface area contributed by atoms with Crippen LogP contribution in [-0.2, 0) is 25.3 Å². The van der Waals surface area contributed by atoms with Gasteiger partial charge in [0.05, 0.1) is 18.8 Å². The lowest BCUT2D eigenvalue weighted by Crippen LogP contribution is -2.31. The Balaban J connectivity index is 2.12. The molecule has 1 aromatic rings. The Bertz CT molecular complexity index is 630.